The molecule has 0 aromatic carbocycles. The minimum atomic E-state index is 0.262. The highest BCUT2D eigenvalue weighted by molar-refractivity contribution is 7.16. The van der Waals surface area contributed by atoms with Gasteiger partial charge in [-0.3, -0.25) is 4.68 Å². The molecule has 2 aromatic heterocycles. The van der Waals surface area contributed by atoms with E-state index in [1.54, 1.807) is 11.3 Å². The molecule has 0 amide bonds. The molecular formula is C12H16ClN3S. The SMILES string of the molecule is CC(NC(C)c1ccnn1C)c1ccc(Cl)s1. The molecule has 2 heterocycles. The molecule has 2 rings (SSSR count). The number of nitrogens with zero attached hydrogens (tertiary/aromatic N) is 2. The summed E-state index contributed by atoms with van der Waals surface area (Å²) < 4.78 is 2.73. The monoisotopic (exact) mass is 269 g/mol. The molecule has 0 radical (unpaired) electrons. The molecule has 92 valence electrons. The first-order valence-corrected chi connectivity index (χ1v) is 6.76. The predicted octanol–water partition coefficient (Wildman–Crippen LogP) is 3.55. The molecular weight excluding hydrogens is 254 g/mol. The highest BCUT2D eigenvalue weighted by atomic mass is 35.5. The Morgan fingerprint density at radius 2 is 2.06 bits per heavy atom. The standard InChI is InChI=1S/C12H16ClN3S/c1-8(10-6-7-14-16(10)3)15-9(2)11-4-5-12(13)17-11/h4-9,15H,1-3H3. The minimum absolute atomic E-state index is 0.262. The van der Waals surface area contributed by atoms with Crippen molar-refractivity contribution in [2.45, 2.75) is 25.9 Å². The normalized spacial score (nSPS) is 14.8. The molecule has 5 heteroatoms. The zero-order valence-corrected chi connectivity index (χ0v) is 11.7. The van der Waals surface area contributed by atoms with Crippen LogP contribution in [0.5, 0.6) is 0 Å². The van der Waals surface area contributed by atoms with Gasteiger partial charge in [0.2, 0.25) is 0 Å². The fraction of sp³-hybridized carbons (Fsp3) is 0.417. The zero-order chi connectivity index (χ0) is 12.4. The Kier molecular flexibility index (Phi) is 3.86. The van der Waals surface area contributed by atoms with E-state index < -0.39 is 0 Å². The van der Waals surface area contributed by atoms with Crippen LogP contribution in [-0.4, -0.2) is 9.78 Å². The maximum atomic E-state index is 5.94. The van der Waals surface area contributed by atoms with E-state index in [1.807, 2.05) is 30.1 Å². The Bertz CT molecular complexity index is 491. The second-order valence-electron chi connectivity index (χ2n) is 4.13. The van der Waals surface area contributed by atoms with Crippen LogP contribution in [0.3, 0.4) is 0 Å². The van der Waals surface area contributed by atoms with Crippen LogP contribution in [0.2, 0.25) is 4.34 Å². The summed E-state index contributed by atoms with van der Waals surface area (Å²) in [4.78, 5) is 1.25. The van der Waals surface area contributed by atoms with Crippen LogP contribution < -0.4 is 5.32 Å². The third kappa shape index (κ3) is 2.89. The highest BCUT2D eigenvalue weighted by Gasteiger charge is 2.14. The highest BCUT2D eigenvalue weighted by Crippen LogP contribution is 2.28. The lowest BCUT2D eigenvalue weighted by atomic mass is 10.2. The van der Waals surface area contributed by atoms with Crippen molar-refractivity contribution in [3.05, 3.63) is 39.3 Å². The van der Waals surface area contributed by atoms with Gasteiger partial charge in [-0.15, -0.1) is 11.3 Å². The molecule has 2 unspecified atom stereocenters. The quantitative estimate of drug-likeness (QED) is 0.920. The molecule has 0 aliphatic carbocycles. The van der Waals surface area contributed by atoms with Crippen molar-refractivity contribution in [3.8, 4) is 0 Å². The Hall–Kier alpha value is -0.840. The van der Waals surface area contributed by atoms with E-state index in [9.17, 15) is 0 Å². The summed E-state index contributed by atoms with van der Waals surface area (Å²) in [6.45, 7) is 4.29. The average molecular weight is 270 g/mol. The van der Waals surface area contributed by atoms with Crippen LogP contribution in [-0.2, 0) is 7.05 Å². The maximum absolute atomic E-state index is 5.94. The van der Waals surface area contributed by atoms with Crippen molar-refractivity contribution in [1.29, 1.82) is 0 Å². The Balaban J connectivity index is 2.04. The molecule has 0 spiro atoms. The second kappa shape index (κ2) is 5.21. The molecule has 17 heavy (non-hydrogen) atoms. The lowest BCUT2D eigenvalue weighted by Gasteiger charge is -2.19. The average Bonchev–Trinajstić information content (AvgIpc) is 2.86. The molecule has 3 nitrogen and oxygen atoms in total. The van der Waals surface area contributed by atoms with Crippen LogP contribution in [0.1, 0.15) is 36.5 Å². The smallest absolute Gasteiger partial charge is 0.0931 e. The molecule has 0 aliphatic heterocycles. The summed E-state index contributed by atoms with van der Waals surface area (Å²) in [5.74, 6) is 0. The number of aryl methyl sites for hydroxylation is 1. The number of thiophene rings is 1. The summed E-state index contributed by atoms with van der Waals surface area (Å²) >= 11 is 7.56. The fourth-order valence-electron chi connectivity index (χ4n) is 1.91. The Morgan fingerprint density at radius 3 is 2.59 bits per heavy atom. The van der Waals surface area contributed by atoms with Gasteiger partial charge in [-0.1, -0.05) is 11.6 Å². The lowest BCUT2D eigenvalue weighted by molar-refractivity contribution is 0.473. The number of rotatable bonds is 4. The minimum Gasteiger partial charge on any atom is -0.301 e. The summed E-state index contributed by atoms with van der Waals surface area (Å²) in [6, 6.07) is 6.59. The number of hydrogen-bond donors (Lipinski definition) is 1. The van der Waals surface area contributed by atoms with Crippen molar-refractivity contribution >= 4 is 22.9 Å². The van der Waals surface area contributed by atoms with Gasteiger partial charge in [0.25, 0.3) is 0 Å². The Morgan fingerprint density at radius 1 is 1.29 bits per heavy atom. The molecule has 1 N–H and O–H groups in total. The van der Waals surface area contributed by atoms with Gasteiger partial charge in [-0.25, -0.2) is 0 Å². The van der Waals surface area contributed by atoms with Crippen molar-refractivity contribution < 1.29 is 0 Å². The third-order valence-corrected chi connectivity index (χ3v) is 4.24. The van der Waals surface area contributed by atoms with E-state index in [0.717, 1.165) is 4.34 Å². The van der Waals surface area contributed by atoms with E-state index in [2.05, 4.69) is 30.3 Å². The van der Waals surface area contributed by atoms with E-state index >= 15 is 0 Å². The van der Waals surface area contributed by atoms with E-state index in [-0.39, 0.29) is 12.1 Å². The van der Waals surface area contributed by atoms with Gasteiger partial charge in [0.05, 0.1) is 10.0 Å². The molecule has 2 aromatic rings. The first-order chi connectivity index (χ1) is 8.08. The number of hydrogen-bond acceptors (Lipinski definition) is 3. The van der Waals surface area contributed by atoms with Crippen LogP contribution in [0.25, 0.3) is 0 Å². The summed E-state index contributed by atoms with van der Waals surface area (Å²) in [7, 11) is 1.96. The van der Waals surface area contributed by atoms with Gasteiger partial charge in [-0.2, -0.15) is 5.10 Å². The lowest BCUT2D eigenvalue weighted by Crippen LogP contribution is -2.23. The van der Waals surface area contributed by atoms with Crippen LogP contribution in [0.15, 0.2) is 24.4 Å². The van der Waals surface area contributed by atoms with Crippen LogP contribution in [0, 0.1) is 0 Å². The van der Waals surface area contributed by atoms with Gasteiger partial charge in [0.15, 0.2) is 0 Å². The molecule has 0 bridgehead atoms. The zero-order valence-electron chi connectivity index (χ0n) is 10.1. The van der Waals surface area contributed by atoms with Crippen molar-refractivity contribution in [2.75, 3.05) is 0 Å². The van der Waals surface area contributed by atoms with E-state index in [1.165, 1.54) is 10.6 Å². The number of nitrogens with one attached hydrogen (secondary N) is 1. The van der Waals surface area contributed by atoms with Crippen molar-refractivity contribution in [2.24, 2.45) is 7.05 Å². The third-order valence-electron chi connectivity index (χ3n) is 2.82. The maximum Gasteiger partial charge on any atom is 0.0931 e. The first kappa shape index (κ1) is 12.6. The second-order valence-corrected chi connectivity index (χ2v) is 5.88. The predicted molar refractivity (Wildman–Crippen MR) is 72.5 cm³/mol. The fourth-order valence-corrected chi connectivity index (χ4v) is 2.98. The summed E-state index contributed by atoms with van der Waals surface area (Å²) in [5.41, 5.74) is 1.18. The summed E-state index contributed by atoms with van der Waals surface area (Å²) in [6.07, 6.45) is 1.82. The molecule has 0 aliphatic rings. The van der Waals surface area contributed by atoms with Gasteiger partial charge in [0.1, 0.15) is 0 Å². The van der Waals surface area contributed by atoms with Gasteiger partial charge < -0.3 is 5.32 Å². The largest absolute Gasteiger partial charge is 0.301 e. The van der Waals surface area contributed by atoms with Crippen molar-refractivity contribution in [3.63, 3.8) is 0 Å². The number of aromatic nitrogens is 2. The van der Waals surface area contributed by atoms with Gasteiger partial charge in [-0.05, 0) is 32.0 Å². The molecule has 0 saturated carbocycles. The number of halogens is 1. The first-order valence-electron chi connectivity index (χ1n) is 5.57. The van der Waals surface area contributed by atoms with E-state index in [4.69, 9.17) is 11.6 Å². The molecule has 0 saturated heterocycles. The van der Waals surface area contributed by atoms with Crippen LogP contribution in [0.4, 0.5) is 0 Å². The summed E-state index contributed by atoms with van der Waals surface area (Å²) in [5, 5.41) is 7.72. The molecule has 2 atom stereocenters. The molecule has 0 fully saturated rings. The van der Waals surface area contributed by atoms with E-state index in [0.29, 0.717) is 0 Å². The topological polar surface area (TPSA) is 29.9 Å². The van der Waals surface area contributed by atoms with Gasteiger partial charge >= 0.3 is 0 Å². The van der Waals surface area contributed by atoms with Crippen molar-refractivity contribution in [1.82, 2.24) is 15.1 Å². The van der Waals surface area contributed by atoms with Gasteiger partial charge in [0, 0.05) is 30.2 Å². The van der Waals surface area contributed by atoms with Crippen LogP contribution >= 0.6 is 22.9 Å². The Labute approximate surface area is 110 Å².